The topological polar surface area (TPSA) is 104 Å². The second kappa shape index (κ2) is 17.1. The van der Waals surface area contributed by atoms with Gasteiger partial charge in [0.25, 0.3) is 0 Å². The van der Waals surface area contributed by atoms with Gasteiger partial charge in [0.15, 0.2) is 6.10 Å². The summed E-state index contributed by atoms with van der Waals surface area (Å²) in [7, 11) is 3.13. The number of aromatic nitrogens is 2. The van der Waals surface area contributed by atoms with E-state index in [2.05, 4.69) is 10.3 Å². The van der Waals surface area contributed by atoms with Gasteiger partial charge in [0.1, 0.15) is 34.6 Å². The molecule has 1 aromatic heterocycles. The molecule has 0 spiro atoms. The molecule has 0 amide bonds. The number of nitrogens with zero attached hydrogens (tertiary/aromatic N) is 2. The number of halogens is 2. The Kier molecular flexibility index (Phi) is 11.5. The number of aliphatic hydroxyl groups excluding tert-OH is 1. The summed E-state index contributed by atoms with van der Waals surface area (Å²) in [6, 6.07) is 53.4. The monoisotopic (exact) mass is 821 g/mol. The van der Waals surface area contributed by atoms with E-state index < -0.39 is 47.3 Å². The van der Waals surface area contributed by atoms with Gasteiger partial charge in [0, 0.05) is 6.20 Å². The quantitative estimate of drug-likeness (QED) is 0.105. The van der Waals surface area contributed by atoms with Crippen molar-refractivity contribution in [2.24, 2.45) is 0 Å². The molecule has 61 heavy (non-hydrogen) atoms. The third kappa shape index (κ3) is 7.56. The van der Waals surface area contributed by atoms with Gasteiger partial charge >= 0.3 is 11.6 Å². The van der Waals surface area contributed by atoms with E-state index in [-0.39, 0.29) is 5.82 Å². The summed E-state index contributed by atoms with van der Waals surface area (Å²) < 4.78 is 59.4. The van der Waals surface area contributed by atoms with Gasteiger partial charge in [-0.2, -0.15) is 13.8 Å². The fourth-order valence-corrected chi connectivity index (χ4v) is 8.29. The zero-order valence-corrected chi connectivity index (χ0v) is 33.8. The molecule has 1 aliphatic heterocycles. The first kappa shape index (κ1) is 41.1. The Hall–Kier alpha value is -6.66. The Labute approximate surface area is 352 Å². The highest BCUT2D eigenvalue weighted by molar-refractivity contribution is 5.58. The number of nitrogens with one attached hydrogen (secondary N) is 1. The SMILES string of the molecule is COc1ccc(C(Nc2ccn(C3O[C@H](C(C)O)[C@@H](OC(c4ccccc4)(c4ccccc4)c4ccc(OC)cc4)C3(F)F)c(=O)n2)(c2ccccc2)c2ccccc2)cc1. The van der Waals surface area contributed by atoms with Crippen LogP contribution in [0.25, 0.3) is 0 Å². The minimum absolute atomic E-state index is 0.123. The molecule has 2 heterocycles. The van der Waals surface area contributed by atoms with Crippen molar-refractivity contribution in [3.63, 3.8) is 0 Å². The number of ether oxygens (including phenoxy) is 4. The smallest absolute Gasteiger partial charge is 0.351 e. The van der Waals surface area contributed by atoms with Crippen LogP contribution < -0.4 is 20.5 Å². The Balaban J connectivity index is 1.22. The molecule has 8 rings (SSSR count). The second-order valence-electron chi connectivity index (χ2n) is 14.9. The molecule has 0 aliphatic carbocycles. The van der Waals surface area contributed by atoms with Gasteiger partial charge in [0.2, 0.25) is 6.23 Å². The predicted molar refractivity (Wildman–Crippen MR) is 229 cm³/mol. The van der Waals surface area contributed by atoms with Crippen LogP contribution in [0.3, 0.4) is 0 Å². The molecule has 0 bridgehead atoms. The largest absolute Gasteiger partial charge is 0.497 e. The van der Waals surface area contributed by atoms with Crippen LogP contribution in [-0.2, 0) is 20.6 Å². The van der Waals surface area contributed by atoms with Gasteiger partial charge in [-0.15, -0.1) is 0 Å². The highest BCUT2D eigenvalue weighted by atomic mass is 19.3. The van der Waals surface area contributed by atoms with Crippen LogP contribution in [0.4, 0.5) is 14.6 Å². The average molecular weight is 822 g/mol. The summed E-state index contributed by atoms with van der Waals surface area (Å²) >= 11 is 0. The van der Waals surface area contributed by atoms with Crippen molar-refractivity contribution < 1.29 is 32.8 Å². The predicted octanol–water partition coefficient (Wildman–Crippen LogP) is 8.96. The summed E-state index contributed by atoms with van der Waals surface area (Å²) in [5.41, 5.74) is 0.384. The van der Waals surface area contributed by atoms with Crippen molar-refractivity contribution in [3.05, 3.63) is 226 Å². The van der Waals surface area contributed by atoms with Crippen molar-refractivity contribution in [1.82, 2.24) is 9.55 Å². The third-order valence-corrected chi connectivity index (χ3v) is 11.3. The zero-order chi connectivity index (χ0) is 42.6. The summed E-state index contributed by atoms with van der Waals surface area (Å²) in [6.45, 7) is 1.36. The number of anilines is 1. The fourth-order valence-electron chi connectivity index (χ4n) is 8.29. The standard InChI is InChI=1S/C50H45F2N3O6/c1-34(56)44-45(61-49(38-20-12-6-13-21-38,39-22-14-7-15-23-39)40-26-30-42(59-3)31-27-40)50(51,52)46(60-44)55-33-32-43(53-47(55)57)54-48(35-16-8-4-9-17-35,36-18-10-5-11-19-36)37-24-28-41(58-2)29-25-37/h4-34,44-46,56H,1-3H3,(H,53,54,57)/t34?,44-,45-,46?/m1/s1. The van der Waals surface area contributed by atoms with Gasteiger partial charge in [-0.1, -0.05) is 146 Å². The minimum Gasteiger partial charge on any atom is -0.497 e. The molecular formula is C50H45F2N3O6. The first-order valence-electron chi connectivity index (χ1n) is 19.9. The molecule has 4 atom stereocenters. The van der Waals surface area contributed by atoms with E-state index in [1.165, 1.54) is 19.2 Å². The van der Waals surface area contributed by atoms with Crippen LogP contribution >= 0.6 is 0 Å². The summed E-state index contributed by atoms with van der Waals surface area (Å²) in [5.74, 6) is -2.54. The van der Waals surface area contributed by atoms with E-state index in [9.17, 15) is 9.90 Å². The molecule has 7 aromatic rings. The Morgan fingerprint density at radius 2 is 1.07 bits per heavy atom. The Bertz CT molecular complexity index is 2500. The number of methoxy groups -OCH3 is 2. The highest BCUT2D eigenvalue weighted by Crippen LogP contribution is 2.51. The number of hydrogen-bond donors (Lipinski definition) is 2. The van der Waals surface area contributed by atoms with Crippen LogP contribution in [0.5, 0.6) is 11.5 Å². The van der Waals surface area contributed by atoms with Crippen LogP contribution in [0.1, 0.15) is 46.5 Å². The first-order valence-corrected chi connectivity index (χ1v) is 19.9. The fraction of sp³-hybridized carbons (Fsp3) is 0.200. The lowest BCUT2D eigenvalue weighted by atomic mass is 9.77. The normalized spacial score (nSPS) is 18.0. The van der Waals surface area contributed by atoms with E-state index in [1.807, 2.05) is 97.1 Å². The van der Waals surface area contributed by atoms with Gasteiger partial charge in [-0.25, -0.2) is 4.79 Å². The van der Waals surface area contributed by atoms with Gasteiger partial charge < -0.3 is 29.4 Å². The van der Waals surface area contributed by atoms with Crippen LogP contribution in [0, 0.1) is 0 Å². The average Bonchev–Trinajstić information content (AvgIpc) is 3.57. The molecule has 310 valence electrons. The van der Waals surface area contributed by atoms with E-state index in [0.29, 0.717) is 28.2 Å². The Morgan fingerprint density at radius 1 is 0.656 bits per heavy atom. The molecule has 6 aromatic carbocycles. The summed E-state index contributed by atoms with van der Waals surface area (Å²) in [5, 5.41) is 14.6. The van der Waals surface area contributed by atoms with Crippen molar-refractivity contribution in [2.75, 3.05) is 19.5 Å². The maximum Gasteiger partial charge on any atom is 0.351 e. The molecule has 2 N–H and O–H groups in total. The molecule has 1 aliphatic rings. The molecule has 1 fully saturated rings. The molecule has 0 saturated carbocycles. The number of alkyl halides is 2. The third-order valence-electron chi connectivity index (χ3n) is 11.3. The molecule has 2 unspecified atom stereocenters. The first-order chi connectivity index (χ1) is 29.6. The van der Waals surface area contributed by atoms with Crippen molar-refractivity contribution >= 4 is 5.82 Å². The lowest BCUT2D eigenvalue weighted by molar-refractivity contribution is -0.182. The maximum absolute atomic E-state index is 17.4. The lowest BCUT2D eigenvalue weighted by Crippen LogP contribution is -2.50. The van der Waals surface area contributed by atoms with Gasteiger partial charge in [0.05, 0.1) is 20.3 Å². The van der Waals surface area contributed by atoms with Crippen molar-refractivity contribution in [3.8, 4) is 11.5 Å². The molecular weight excluding hydrogens is 777 g/mol. The van der Waals surface area contributed by atoms with Gasteiger partial charge in [-0.3, -0.25) is 4.57 Å². The number of rotatable bonds is 14. The highest BCUT2D eigenvalue weighted by Gasteiger charge is 2.64. The van der Waals surface area contributed by atoms with E-state index in [1.54, 1.807) is 87.0 Å². The molecule has 1 saturated heterocycles. The number of hydrogen-bond acceptors (Lipinski definition) is 8. The summed E-state index contributed by atoms with van der Waals surface area (Å²) in [4.78, 5) is 18.5. The van der Waals surface area contributed by atoms with Crippen molar-refractivity contribution in [2.45, 2.75) is 48.5 Å². The van der Waals surface area contributed by atoms with E-state index >= 15 is 8.78 Å². The van der Waals surface area contributed by atoms with Crippen LogP contribution in [-0.4, -0.2) is 53.1 Å². The molecule has 0 radical (unpaired) electrons. The van der Waals surface area contributed by atoms with E-state index in [4.69, 9.17) is 18.9 Å². The minimum atomic E-state index is -3.88. The zero-order valence-electron chi connectivity index (χ0n) is 33.8. The lowest BCUT2D eigenvalue weighted by Gasteiger charge is -2.40. The van der Waals surface area contributed by atoms with Crippen molar-refractivity contribution in [1.29, 1.82) is 0 Å². The second-order valence-corrected chi connectivity index (χ2v) is 14.9. The molecule has 9 nitrogen and oxygen atoms in total. The van der Waals surface area contributed by atoms with Crippen LogP contribution in [0.2, 0.25) is 0 Å². The maximum atomic E-state index is 17.4. The molecule has 11 heteroatoms. The number of aliphatic hydroxyl groups is 1. The Morgan fingerprint density at radius 3 is 1.49 bits per heavy atom. The van der Waals surface area contributed by atoms with E-state index in [0.717, 1.165) is 21.3 Å². The number of benzene rings is 6. The summed E-state index contributed by atoms with van der Waals surface area (Å²) in [6.07, 6.45) is -6.04. The van der Waals surface area contributed by atoms with Crippen LogP contribution in [0.15, 0.2) is 187 Å². The van der Waals surface area contributed by atoms with Gasteiger partial charge in [-0.05, 0) is 70.6 Å².